The van der Waals surface area contributed by atoms with Crippen molar-refractivity contribution in [1.82, 2.24) is 19.5 Å². The molecule has 19 heteroatoms. The number of ether oxygens (including phenoxy) is 1. The van der Waals surface area contributed by atoms with Crippen LogP contribution in [-0.4, -0.2) is 37.1 Å². The third-order valence-electron chi connectivity index (χ3n) is 3.60. The van der Waals surface area contributed by atoms with E-state index >= 15 is 0 Å². The van der Waals surface area contributed by atoms with E-state index in [-0.39, 0.29) is 5.82 Å². The molecule has 3 N–H and O–H groups in total. The van der Waals surface area contributed by atoms with Crippen LogP contribution in [0.2, 0.25) is 0 Å². The van der Waals surface area contributed by atoms with Gasteiger partial charge in [-0.1, -0.05) is 0 Å². The lowest BCUT2D eigenvalue weighted by Gasteiger charge is -2.32. The van der Waals surface area contributed by atoms with Crippen molar-refractivity contribution in [1.29, 1.82) is 0 Å². The minimum Gasteiger partial charge on any atom is -0.756 e. The van der Waals surface area contributed by atoms with E-state index in [1.807, 2.05) is 0 Å². The summed E-state index contributed by atoms with van der Waals surface area (Å²) >= 11 is 0. The lowest BCUT2D eigenvalue weighted by atomic mass is 10.2. The molecule has 1 saturated heterocycles. The van der Waals surface area contributed by atoms with Crippen molar-refractivity contribution in [2.75, 3.05) is 12.3 Å². The van der Waals surface area contributed by atoms with Crippen LogP contribution in [0.5, 0.6) is 0 Å². The smallest absolute Gasteiger partial charge is 0.280 e. The second kappa shape index (κ2) is 8.10. The van der Waals surface area contributed by atoms with Gasteiger partial charge in [0.2, 0.25) is 0 Å². The third-order valence-corrected chi connectivity index (χ3v) is 7.29. The maximum Gasteiger partial charge on any atom is 0.280 e. The van der Waals surface area contributed by atoms with Gasteiger partial charge in [0.15, 0.2) is 11.5 Å². The highest BCUT2D eigenvalue weighted by molar-refractivity contribution is 7.65. The van der Waals surface area contributed by atoms with Crippen LogP contribution in [0.3, 0.4) is 0 Å². The molecule has 0 aliphatic carbocycles. The largest absolute Gasteiger partial charge is 0.756 e. The predicted octanol–water partition coefficient (Wildman–Crippen LogP) is -1.47. The van der Waals surface area contributed by atoms with E-state index in [1.54, 1.807) is 4.57 Å². The van der Waals surface area contributed by atoms with Crippen LogP contribution >= 0.6 is 23.5 Å². The van der Waals surface area contributed by atoms with Crippen molar-refractivity contribution >= 4 is 40.4 Å². The first-order chi connectivity index (χ1) is 13.4. The third kappa shape index (κ3) is 5.87. The number of rotatable bonds is 8. The van der Waals surface area contributed by atoms with Gasteiger partial charge in [-0.05, 0) is 12.8 Å². The average Bonchev–Trinajstić information content (AvgIpc) is 3.16. The Balaban J connectivity index is 1.58. The zero-order valence-electron chi connectivity index (χ0n) is 14.2. The molecule has 16 nitrogen and oxygen atoms in total. The average molecular weight is 472 g/mol. The first kappa shape index (κ1) is 22.4. The minimum absolute atomic E-state index is 0.172. The molecule has 0 radical (unpaired) electrons. The summed E-state index contributed by atoms with van der Waals surface area (Å²) in [6.45, 7) is -0.630. The van der Waals surface area contributed by atoms with Gasteiger partial charge in [-0.15, -0.1) is 0 Å². The number of hydrogen-bond donors (Lipinski definition) is 2. The van der Waals surface area contributed by atoms with E-state index in [1.165, 1.54) is 12.7 Å². The molecular formula is C10H13N5O11P3-3. The molecular weight excluding hydrogens is 459 g/mol. The summed E-state index contributed by atoms with van der Waals surface area (Å²) in [6, 6.07) is 0. The molecule has 2 aromatic heterocycles. The topological polar surface area (TPSA) is 247 Å². The van der Waals surface area contributed by atoms with Gasteiger partial charge < -0.3 is 34.6 Å². The Hall–Kier alpha value is -1.28. The molecule has 5 unspecified atom stereocenters. The van der Waals surface area contributed by atoms with E-state index in [0.29, 0.717) is 24.0 Å². The van der Waals surface area contributed by atoms with E-state index in [9.17, 15) is 28.4 Å². The molecule has 5 atom stereocenters. The zero-order valence-corrected chi connectivity index (χ0v) is 16.9. The molecule has 0 amide bonds. The van der Waals surface area contributed by atoms with Crippen LogP contribution in [0.15, 0.2) is 12.7 Å². The van der Waals surface area contributed by atoms with Crippen molar-refractivity contribution in [2.24, 2.45) is 0 Å². The lowest BCUT2D eigenvalue weighted by molar-refractivity contribution is -0.250. The summed E-state index contributed by atoms with van der Waals surface area (Å²) in [4.78, 5) is 53.4. The molecule has 162 valence electrons. The molecule has 0 spiro atoms. The lowest BCUT2D eigenvalue weighted by Crippen LogP contribution is -2.20. The molecule has 0 saturated carbocycles. The van der Waals surface area contributed by atoms with Gasteiger partial charge in [0.25, 0.3) is 23.5 Å². The van der Waals surface area contributed by atoms with Crippen molar-refractivity contribution in [3.8, 4) is 0 Å². The van der Waals surface area contributed by atoms with Crippen LogP contribution in [0.4, 0.5) is 5.82 Å². The zero-order chi connectivity index (χ0) is 21.4. The predicted molar refractivity (Wildman–Crippen MR) is 86.0 cm³/mol. The molecule has 29 heavy (non-hydrogen) atoms. The molecule has 1 aliphatic heterocycles. The first-order valence-corrected chi connectivity index (χ1v) is 12.1. The number of fused-ring (bicyclic) bond motifs is 1. The van der Waals surface area contributed by atoms with E-state index in [0.717, 1.165) is 0 Å². The Labute approximate surface area is 162 Å². The summed E-state index contributed by atoms with van der Waals surface area (Å²) < 4.78 is 51.4. The highest BCUT2D eigenvalue weighted by atomic mass is 31.3. The fourth-order valence-corrected chi connectivity index (χ4v) is 5.47. The van der Waals surface area contributed by atoms with Crippen LogP contribution in [0.1, 0.15) is 19.1 Å². The molecule has 0 aromatic carbocycles. The number of phosphoric acid groups is 3. The first-order valence-electron chi connectivity index (χ1n) is 7.67. The fraction of sp³-hybridized carbons (Fsp3) is 0.500. The highest BCUT2D eigenvalue weighted by Gasteiger charge is 2.31. The summed E-state index contributed by atoms with van der Waals surface area (Å²) in [5.74, 6) is 0.172. The van der Waals surface area contributed by atoms with Crippen LogP contribution in [0.25, 0.3) is 11.2 Å². The Morgan fingerprint density at radius 2 is 1.90 bits per heavy atom. The maximum absolute atomic E-state index is 11.6. The minimum atomic E-state index is -5.94. The Kier molecular flexibility index (Phi) is 6.26. The number of hydrogen-bond acceptors (Lipinski definition) is 14. The summed E-state index contributed by atoms with van der Waals surface area (Å²) in [7, 11) is -17.3. The quantitative estimate of drug-likeness (QED) is 0.416. The Morgan fingerprint density at radius 1 is 1.17 bits per heavy atom. The van der Waals surface area contributed by atoms with Crippen molar-refractivity contribution in [3.05, 3.63) is 12.7 Å². The van der Waals surface area contributed by atoms with Gasteiger partial charge >= 0.3 is 0 Å². The van der Waals surface area contributed by atoms with Crippen molar-refractivity contribution in [3.63, 3.8) is 0 Å². The monoisotopic (exact) mass is 472 g/mol. The molecule has 0 bridgehead atoms. The van der Waals surface area contributed by atoms with Gasteiger partial charge in [0, 0.05) is 0 Å². The van der Waals surface area contributed by atoms with Gasteiger partial charge in [-0.3, -0.25) is 18.3 Å². The number of nitrogens with two attached hydrogens (primary N) is 1. The number of anilines is 1. The normalized spacial score (nSPS) is 26.1. The number of nitrogens with zero attached hydrogens (tertiary/aromatic N) is 4. The van der Waals surface area contributed by atoms with Crippen LogP contribution < -0.4 is 20.4 Å². The second-order valence-corrected chi connectivity index (χ2v) is 9.99. The Morgan fingerprint density at radius 3 is 2.59 bits per heavy atom. The fourth-order valence-electron chi connectivity index (χ4n) is 2.56. The number of aromatic nitrogens is 4. The standard InChI is InChI=1S/C10H16N5O11P3/c11-9-8-10(13-4-12-9)15(5-14-8)7-2-1-6(24-7)3-23-28(19,20)26-29(21,22)25-27(16,17)18/h4-7H,1-3H2,(H,19,20)(H,21,22)(H2,11,12,13)(H2,16,17,18)/p-3. The summed E-state index contributed by atoms with van der Waals surface area (Å²) in [5, 5.41) is 0. The van der Waals surface area contributed by atoms with E-state index in [2.05, 4.69) is 28.1 Å². The van der Waals surface area contributed by atoms with E-state index in [4.69, 9.17) is 15.4 Å². The van der Waals surface area contributed by atoms with Gasteiger partial charge in [-0.25, -0.2) is 23.6 Å². The van der Waals surface area contributed by atoms with Crippen LogP contribution in [0, 0.1) is 0 Å². The SMILES string of the molecule is Nc1ncnc2c1ncn2C1CCC(COP(=O)([O-])OP(=O)([O-])OP(=O)([O-])O)O1. The van der Waals surface area contributed by atoms with Crippen molar-refractivity contribution < 1.29 is 51.2 Å². The molecule has 1 fully saturated rings. The molecule has 2 aromatic rings. The number of nitrogen functional groups attached to an aromatic ring is 1. The molecule has 3 rings (SSSR count). The molecule has 1 aliphatic rings. The number of imidazole rings is 1. The maximum atomic E-state index is 11.6. The number of phosphoric ester groups is 1. The summed E-state index contributed by atoms with van der Waals surface area (Å²) in [5.41, 5.74) is 6.46. The summed E-state index contributed by atoms with van der Waals surface area (Å²) in [6.07, 6.45) is 2.05. The Bertz CT molecular complexity index is 1040. The van der Waals surface area contributed by atoms with Crippen molar-refractivity contribution in [2.45, 2.75) is 25.2 Å². The highest BCUT2D eigenvalue weighted by Crippen LogP contribution is 2.61. The second-order valence-electron chi connectivity index (χ2n) is 5.70. The van der Waals surface area contributed by atoms with E-state index < -0.39 is 42.4 Å². The van der Waals surface area contributed by atoms with Gasteiger partial charge in [0.05, 0.1) is 19.0 Å². The van der Waals surface area contributed by atoms with Crippen LogP contribution in [-0.2, 0) is 31.6 Å². The van der Waals surface area contributed by atoms with Gasteiger partial charge in [-0.2, -0.15) is 0 Å². The van der Waals surface area contributed by atoms with Gasteiger partial charge in [0.1, 0.15) is 18.1 Å². The molecule has 3 heterocycles.